The zero-order valence-corrected chi connectivity index (χ0v) is 9.27. The number of hydrogen-bond donors (Lipinski definition) is 1. The lowest BCUT2D eigenvalue weighted by atomic mass is 10.2. The third-order valence-corrected chi connectivity index (χ3v) is 2.10. The van der Waals surface area contributed by atoms with Crippen molar-refractivity contribution in [3.05, 3.63) is 41.7 Å². The highest BCUT2D eigenvalue weighted by atomic mass is 19.4. The maximum atomic E-state index is 12.4. The number of alkyl halides is 3. The minimum atomic E-state index is -4.51. The number of benzene rings is 1. The molecule has 0 bridgehead atoms. The van der Waals surface area contributed by atoms with Crippen LogP contribution in [0.4, 0.5) is 19.0 Å². The van der Waals surface area contributed by atoms with Gasteiger partial charge in [0, 0.05) is 6.07 Å². The second-order valence-corrected chi connectivity index (χ2v) is 3.53. The van der Waals surface area contributed by atoms with Crippen molar-refractivity contribution < 1.29 is 27.2 Å². The first-order chi connectivity index (χ1) is 8.86. The first-order valence-electron chi connectivity index (χ1n) is 4.98. The number of esters is 1. The molecule has 100 valence electrons. The van der Waals surface area contributed by atoms with Gasteiger partial charge in [0.15, 0.2) is 5.82 Å². The molecule has 0 aliphatic heterocycles. The number of hydrogen-bond acceptors (Lipinski definition) is 5. The molecular formula is C11H7F3N2O3. The van der Waals surface area contributed by atoms with E-state index in [9.17, 15) is 18.0 Å². The van der Waals surface area contributed by atoms with Crippen LogP contribution in [0.1, 0.15) is 16.1 Å². The summed E-state index contributed by atoms with van der Waals surface area (Å²) in [7, 11) is 0. The van der Waals surface area contributed by atoms with Crippen LogP contribution >= 0.6 is 0 Å². The average molecular weight is 272 g/mol. The van der Waals surface area contributed by atoms with E-state index in [4.69, 9.17) is 10.5 Å². The van der Waals surface area contributed by atoms with Crippen LogP contribution in [0, 0.1) is 0 Å². The molecule has 0 aliphatic rings. The number of aromatic nitrogens is 1. The van der Waals surface area contributed by atoms with E-state index < -0.39 is 17.7 Å². The van der Waals surface area contributed by atoms with Crippen LogP contribution in [0.25, 0.3) is 0 Å². The molecule has 19 heavy (non-hydrogen) atoms. The van der Waals surface area contributed by atoms with Crippen molar-refractivity contribution in [1.29, 1.82) is 0 Å². The largest absolute Gasteiger partial charge is 0.421 e. The summed E-state index contributed by atoms with van der Waals surface area (Å²) in [6.07, 6.45) is -4.51. The fourth-order valence-electron chi connectivity index (χ4n) is 1.28. The number of nitrogen functional groups attached to an aromatic ring is 1. The Morgan fingerprint density at radius 3 is 2.63 bits per heavy atom. The minimum Gasteiger partial charge on any atom is -0.421 e. The summed E-state index contributed by atoms with van der Waals surface area (Å²) in [6.45, 7) is 0. The quantitative estimate of drug-likeness (QED) is 0.671. The molecule has 8 heteroatoms. The van der Waals surface area contributed by atoms with Gasteiger partial charge in [-0.05, 0) is 18.2 Å². The van der Waals surface area contributed by atoms with Crippen molar-refractivity contribution in [2.75, 3.05) is 5.73 Å². The lowest BCUT2D eigenvalue weighted by Gasteiger charge is -2.08. The van der Waals surface area contributed by atoms with Crippen molar-refractivity contribution in [2.24, 2.45) is 0 Å². The van der Waals surface area contributed by atoms with E-state index in [1.54, 1.807) is 0 Å². The van der Waals surface area contributed by atoms with E-state index in [0.717, 1.165) is 18.2 Å². The standard InChI is InChI=1S/C11H7F3N2O3/c12-11(13,14)6-2-1-3-7(4-6)18-10(17)8-5-9(15)16-19-8/h1-5H,(H2,15,16). The number of carbonyl (C=O) groups is 1. The Morgan fingerprint density at radius 1 is 1.32 bits per heavy atom. The van der Waals surface area contributed by atoms with Gasteiger partial charge in [-0.1, -0.05) is 11.2 Å². The predicted octanol–water partition coefficient (Wildman–Crippen LogP) is 2.49. The van der Waals surface area contributed by atoms with Gasteiger partial charge in [0.2, 0.25) is 5.76 Å². The van der Waals surface area contributed by atoms with Crippen molar-refractivity contribution >= 4 is 11.8 Å². The third kappa shape index (κ3) is 3.03. The van der Waals surface area contributed by atoms with Gasteiger partial charge in [-0.2, -0.15) is 13.2 Å². The second-order valence-electron chi connectivity index (χ2n) is 3.53. The van der Waals surface area contributed by atoms with E-state index >= 15 is 0 Å². The van der Waals surface area contributed by atoms with Crippen molar-refractivity contribution in [3.8, 4) is 5.75 Å². The molecule has 0 spiro atoms. The van der Waals surface area contributed by atoms with Gasteiger partial charge in [-0.15, -0.1) is 0 Å². The molecule has 0 atom stereocenters. The Morgan fingerprint density at radius 2 is 2.05 bits per heavy atom. The minimum absolute atomic E-state index is 0.0315. The van der Waals surface area contributed by atoms with Crippen LogP contribution in [0.15, 0.2) is 34.9 Å². The third-order valence-electron chi connectivity index (χ3n) is 2.10. The molecule has 0 saturated carbocycles. The molecule has 0 amide bonds. The monoisotopic (exact) mass is 272 g/mol. The van der Waals surface area contributed by atoms with Gasteiger partial charge in [0.05, 0.1) is 5.56 Å². The molecule has 0 radical (unpaired) electrons. The number of nitrogens with two attached hydrogens (primary N) is 1. The fourth-order valence-corrected chi connectivity index (χ4v) is 1.28. The van der Waals surface area contributed by atoms with Crippen molar-refractivity contribution in [1.82, 2.24) is 5.16 Å². The van der Waals surface area contributed by atoms with Crippen LogP contribution in [-0.2, 0) is 6.18 Å². The number of anilines is 1. The second kappa shape index (κ2) is 4.63. The molecule has 2 aromatic rings. The molecule has 0 unspecified atom stereocenters. The zero-order valence-electron chi connectivity index (χ0n) is 9.27. The van der Waals surface area contributed by atoms with E-state index in [1.165, 1.54) is 6.07 Å². The van der Waals surface area contributed by atoms with Crippen LogP contribution in [0.5, 0.6) is 5.75 Å². The van der Waals surface area contributed by atoms with Gasteiger partial charge >= 0.3 is 12.1 Å². The lowest BCUT2D eigenvalue weighted by molar-refractivity contribution is -0.137. The van der Waals surface area contributed by atoms with Crippen molar-refractivity contribution in [2.45, 2.75) is 6.18 Å². The average Bonchev–Trinajstić information content (AvgIpc) is 2.75. The predicted molar refractivity (Wildman–Crippen MR) is 57.3 cm³/mol. The van der Waals surface area contributed by atoms with Crippen LogP contribution in [0.2, 0.25) is 0 Å². The summed E-state index contributed by atoms with van der Waals surface area (Å²) in [5.74, 6) is -1.57. The van der Waals surface area contributed by atoms with E-state index in [-0.39, 0.29) is 17.3 Å². The van der Waals surface area contributed by atoms with Crippen molar-refractivity contribution in [3.63, 3.8) is 0 Å². The highest BCUT2D eigenvalue weighted by molar-refractivity contribution is 5.88. The SMILES string of the molecule is Nc1cc(C(=O)Oc2cccc(C(F)(F)F)c2)on1. The summed E-state index contributed by atoms with van der Waals surface area (Å²) in [6, 6.07) is 5.02. The molecule has 2 N–H and O–H groups in total. The van der Waals surface area contributed by atoms with Gasteiger partial charge in [0.1, 0.15) is 5.75 Å². The number of carbonyl (C=O) groups excluding carboxylic acids is 1. The van der Waals surface area contributed by atoms with Gasteiger partial charge in [-0.25, -0.2) is 4.79 Å². The van der Waals surface area contributed by atoms with Crippen LogP contribution in [-0.4, -0.2) is 11.1 Å². The summed E-state index contributed by atoms with van der Waals surface area (Å²) < 4.78 is 46.6. The molecule has 5 nitrogen and oxygen atoms in total. The molecule has 1 aromatic heterocycles. The fraction of sp³-hybridized carbons (Fsp3) is 0.0909. The first kappa shape index (κ1) is 12.9. The maximum absolute atomic E-state index is 12.4. The summed E-state index contributed by atoms with van der Waals surface area (Å²) in [4.78, 5) is 11.5. The summed E-state index contributed by atoms with van der Waals surface area (Å²) in [5.41, 5.74) is 4.31. The topological polar surface area (TPSA) is 78.4 Å². The Hall–Kier alpha value is -2.51. The number of rotatable bonds is 2. The molecule has 0 fully saturated rings. The van der Waals surface area contributed by atoms with Crippen LogP contribution < -0.4 is 10.5 Å². The smallest absolute Gasteiger partial charge is 0.416 e. The Bertz CT molecular complexity index is 607. The normalized spacial score (nSPS) is 11.3. The van der Waals surface area contributed by atoms with E-state index in [1.807, 2.05) is 0 Å². The lowest BCUT2D eigenvalue weighted by Crippen LogP contribution is -2.09. The highest BCUT2D eigenvalue weighted by Gasteiger charge is 2.30. The van der Waals surface area contributed by atoms with Gasteiger partial charge in [0.25, 0.3) is 0 Å². The number of ether oxygens (including phenoxy) is 1. The Kier molecular flexibility index (Phi) is 3.16. The first-order valence-corrected chi connectivity index (χ1v) is 4.98. The molecule has 0 aliphatic carbocycles. The Labute approximate surface area is 104 Å². The molecule has 1 aromatic carbocycles. The van der Waals surface area contributed by atoms with Crippen LogP contribution in [0.3, 0.4) is 0 Å². The molecule has 0 saturated heterocycles. The summed E-state index contributed by atoms with van der Waals surface area (Å²) >= 11 is 0. The summed E-state index contributed by atoms with van der Waals surface area (Å²) in [5, 5.41) is 3.26. The van der Waals surface area contributed by atoms with Gasteiger partial charge < -0.3 is 15.0 Å². The highest BCUT2D eigenvalue weighted by Crippen LogP contribution is 2.31. The molecule has 1 heterocycles. The van der Waals surface area contributed by atoms with Gasteiger partial charge in [-0.3, -0.25) is 0 Å². The number of nitrogens with zero attached hydrogens (tertiary/aromatic N) is 1. The van der Waals surface area contributed by atoms with E-state index in [0.29, 0.717) is 6.07 Å². The maximum Gasteiger partial charge on any atom is 0.416 e. The number of halogens is 3. The Balaban J connectivity index is 2.18. The zero-order chi connectivity index (χ0) is 14.0. The van der Waals surface area contributed by atoms with E-state index in [2.05, 4.69) is 9.68 Å². The molecule has 2 rings (SSSR count). The molecular weight excluding hydrogens is 265 g/mol.